The Labute approximate surface area is 120 Å². The third kappa shape index (κ3) is 2.87. The Morgan fingerprint density at radius 2 is 1.95 bits per heavy atom. The SMILES string of the molecule is CCc1ccc(C(=NC)C2C(=N)CC(C)CC2=O)cc1. The van der Waals surface area contributed by atoms with Crippen molar-refractivity contribution < 1.29 is 4.79 Å². The van der Waals surface area contributed by atoms with Crippen LogP contribution in [0.25, 0.3) is 0 Å². The van der Waals surface area contributed by atoms with Crippen LogP contribution >= 0.6 is 0 Å². The van der Waals surface area contributed by atoms with Crippen molar-refractivity contribution in [1.82, 2.24) is 0 Å². The molecule has 20 heavy (non-hydrogen) atoms. The summed E-state index contributed by atoms with van der Waals surface area (Å²) in [6.07, 6.45) is 2.25. The van der Waals surface area contributed by atoms with Crippen molar-refractivity contribution in [2.75, 3.05) is 7.05 Å². The quantitative estimate of drug-likeness (QED) is 0.842. The number of ketones is 1. The summed E-state index contributed by atoms with van der Waals surface area (Å²) < 4.78 is 0. The number of aliphatic imine (C=N–C) groups is 1. The van der Waals surface area contributed by atoms with Crippen molar-refractivity contribution in [3.05, 3.63) is 35.4 Å². The van der Waals surface area contributed by atoms with Gasteiger partial charge < -0.3 is 5.41 Å². The molecule has 0 bridgehead atoms. The summed E-state index contributed by atoms with van der Waals surface area (Å²) in [4.78, 5) is 16.6. The number of rotatable bonds is 3. The van der Waals surface area contributed by atoms with E-state index in [1.807, 2.05) is 19.1 Å². The highest BCUT2D eigenvalue weighted by Gasteiger charge is 2.34. The molecule has 0 spiro atoms. The van der Waals surface area contributed by atoms with Crippen LogP contribution in [0.3, 0.4) is 0 Å². The number of aryl methyl sites for hydroxylation is 1. The van der Waals surface area contributed by atoms with E-state index in [-0.39, 0.29) is 11.7 Å². The van der Waals surface area contributed by atoms with Crippen LogP contribution in [0.5, 0.6) is 0 Å². The summed E-state index contributed by atoms with van der Waals surface area (Å²) in [6, 6.07) is 8.17. The fourth-order valence-electron chi connectivity index (χ4n) is 2.87. The largest absolute Gasteiger partial charge is 0.309 e. The van der Waals surface area contributed by atoms with Gasteiger partial charge in [-0.15, -0.1) is 0 Å². The molecule has 0 heterocycles. The number of Topliss-reactive ketones (excluding diaryl/α,β-unsaturated/α-hetero) is 1. The second-order valence-corrected chi connectivity index (χ2v) is 5.60. The molecule has 1 aromatic carbocycles. The van der Waals surface area contributed by atoms with Gasteiger partial charge >= 0.3 is 0 Å². The van der Waals surface area contributed by atoms with Crippen LogP contribution in [0.4, 0.5) is 0 Å². The molecule has 1 aromatic rings. The van der Waals surface area contributed by atoms with E-state index in [1.165, 1.54) is 5.56 Å². The fraction of sp³-hybridized carbons (Fsp3) is 0.471. The Morgan fingerprint density at radius 1 is 1.30 bits per heavy atom. The molecular formula is C17H22N2O. The molecule has 3 heteroatoms. The Kier molecular flexibility index (Phi) is 4.48. The highest BCUT2D eigenvalue weighted by atomic mass is 16.1. The summed E-state index contributed by atoms with van der Waals surface area (Å²) in [7, 11) is 1.71. The van der Waals surface area contributed by atoms with E-state index in [2.05, 4.69) is 24.0 Å². The number of carbonyl (C=O) groups excluding carboxylic acids is 1. The molecular weight excluding hydrogens is 248 g/mol. The topological polar surface area (TPSA) is 53.3 Å². The van der Waals surface area contributed by atoms with Gasteiger partial charge in [0.1, 0.15) is 5.78 Å². The van der Waals surface area contributed by atoms with Crippen LogP contribution < -0.4 is 0 Å². The maximum Gasteiger partial charge on any atom is 0.147 e. The van der Waals surface area contributed by atoms with Gasteiger partial charge in [0.2, 0.25) is 0 Å². The van der Waals surface area contributed by atoms with Crippen LogP contribution in [0, 0.1) is 17.2 Å². The minimum Gasteiger partial charge on any atom is -0.309 e. The van der Waals surface area contributed by atoms with E-state index in [9.17, 15) is 4.79 Å². The monoisotopic (exact) mass is 270 g/mol. The smallest absolute Gasteiger partial charge is 0.147 e. The van der Waals surface area contributed by atoms with Gasteiger partial charge in [0.25, 0.3) is 0 Å². The lowest BCUT2D eigenvalue weighted by molar-refractivity contribution is -0.120. The van der Waals surface area contributed by atoms with Crippen molar-refractivity contribution in [1.29, 1.82) is 5.41 Å². The van der Waals surface area contributed by atoms with E-state index in [0.29, 0.717) is 18.6 Å². The minimum atomic E-state index is -0.441. The number of carbonyl (C=O) groups is 1. The highest BCUT2D eigenvalue weighted by molar-refractivity contribution is 6.27. The zero-order chi connectivity index (χ0) is 14.7. The normalized spacial score (nSPS) is 24.1. The predicted molar refractivity (Wildman–Crippen MR) is 82.9 cm³/mol. The Balaban J connectivity index is 2.32. The molecule has 1 saturated carbocycles. The number of nitrogens with one attached hydrogen (secondary N) is 1. The van der Waals surface area contributed by atoms with Gasteiger partial charge in [-0.1, -0.05) is 38.1 Å². The van der Waals surface area contributed by atoms with E-state index in [0.717, 1.165) is 17.7 Å². The van der Waals surface area contributed by atoms with Gasteiger partial charge in [-0.2, -0.15) is 0 Å². The molecule has 1 aliphatic rings. The standard InChI is InChI=1S/C17H22N2O/c1-4-12-5-7-13(8-6-12)17(19-3)16-14(18)9-11(2)10-15(16)20/h5-8,11,16,18H,4,9-10H2,1-3H3. The van der Waals surface area contributed by atoms with E-state index < -0.39 is 5.92 Å². The van der Waals surface area contributed by atoms with Crippen molar-refractivity contribution in [2.24, 2.45) is 16.8 Å². The average Bonchev–Trinajstić information content (AvgIpc) is 2.43. The van der Waals surface area contributed by atoms with Gasteiger partial charge in [0, 0.05) is 19.2 Å². The number of nitrogens with zero attached hydrogens (tertiary/aromatic N) is 1. The lowest BCUT2D eigenvalue weighted by atomic mass is 9.76. The van der Waals surface area contributed by atoms with E-state index >= 15 is 0 Å². The third-order valence-electron chi connectivity index (χ3n) is 3.96. The van der Waals surface area contributed by atoms with Crippen molar-refractivity contribution in [3.8, 4) is 0 Å². The van der Waals surface area contributed by atoms with Crippen LogP contribution in [-0.2, 0) is 11.2 Å². The Morgan fingerprint density at radius 3 is 2.45 bits per heavy atom. The Bertz CT molecular complexity index is 525. The first kappa shape index (κ1) is 14.6. The van der Waals surface area contributed by atoms with Crippen LogP contribution in [0.15, 0.2) is 29.3 Å². The molecule has 2 atom stereocenters. The fourth-order valence-corrected chi connectivity index (χ4v) is 2.87. The second-order valence-electron chi connectivity index (χ2n) is 5.60. The minimum absolute atomic E-state index is 0.133. The van der Waals surface area contributed by atoms with Gasteiger partial charge in [-0.25, -0.2) is 0 Å². The summed E-state index contributed by atoms with van der Waals surface area (Å²) in [5, 5.41) is 8.17. The van der Waals surface area contributed by atoms with Gasteiger partial charge in [0.05, 0.1) is 11.6 Å². The summed E-state index contributed by atoms with van der Waals surface area (Å²) in [6.45, 7) is 4.15. The van der Waals surface area contributed by atoms with Crippen LogP contribution in [-0.4, -0.2) is 24.3 Å². The highest BCUT2D eigenvalue weighted by Crippen LogP contribution is 2.26. The molecule has 106 valence electrons. The molecule has 0 aliphatic heterocycles. The molecule has 1 N–H and O–H groups in total. The predicted octanol–water partition coefficient (Wildman–Crippen LogP) is 3.30. The second kappa shape index (κ2) is 6.12. The molecule has 1 fully saturated rings. The van der Waals surface area contributed by atoms with Gasteiger partial charge in [0.15, 0.2) is 0 Å². The summed E-state index contributed by atoms with van der Waals surface area (Å²) >= 11 is 0. The molecule has 0 saturated heterocycles. The van der Waals surface area contributed by atoms with E-state index in [4.69, 9.17) is 5.41 Å². The van der Waals surface area contributed by atoms with Crippen molar-refractivity contribution in [2.45, 2.75) is 33.1 Å². The van der Waals surface area contributed by atoms with Crippen LogP contribution in [0.2, 0.25) is 0 Å². The maximum atomic E-state index is 12.3. The summed E-state index contributed by atoms with van der Waals surface area (Å²) in [5.74, 6) is -0.0237. The molecule has 0 radical (unpaired) electrons. The third-order valence-corrected chi connectivity index (χ3v) is 3.96. The number of benzene rings is 1. The van der Waals surface area contributed by atoms with E-state index in [1.54, 1.807) is 7.05 Å². The van der Waals surface area contributed by atoms with Crippen molar-refractivity contribution >= 4 is 17.2 Å². The number of hydrogen-bond acceptors (Lipinski definition) is 3. The Hall–Kier alpha value is -1.77. The molecule has 1 aliphatic carbocycles. The lowest BCUT2D eigenvalue weighted by Gasteiger charge is -2.27. The zero-order valence-corrected chi connectivity index (χ0v) is 12.4. The first-order chi connectivity index (χ1) is 9.56. The molecule has 2 rings (SSSR count). The first-order valence-electron chi connectivity index (χ1n) is 7.22. The maximum absolute atomic E-state index is 12.3. The lowest BCUT2D eigenvalue weighted by Crippen LogP contribution is -2.38. The average molecular weight is 270 g/mol. The van der Waals surface area contributed by atoms with Gasteiger partial charge in [-0.05, 0) is 29.9 Å². The molecule has 0 aromatic heterocycles. The summed E-state index contributed by atoms with van der Waals surface area (Å²) in [5.41, 5.74) is 3.48. The first-order valence-corrected chi connectivity index (χ1v) is 7.22. The molecule has 0 amide bonds. The van der Waals surface area contributed by atoms with Crippen molar-refractivity contribution in [3.63, 3.8) is 0 Å². The van der Waals surface area contributed by atoms with Crippen LogP contribution in [0.1, 0.15) is 37.8 Å². The number of hydrogen-bond donors (Lipinski definition) is 1. The molecule has 2 unspecified atom stereocenters. The zero-order valence-electron chi connectivity index (χ0n) is 12.4. The molecule has 3 nitrogen and oxygen atoms in total. The van der Waals surface area contributed by atoms with Gasteiger partial charge in [-0.3, -0.25) is 9.79 Å².